The molecular weight excluding hydrogens is 272 g/mol. The van der Waals surface area contributed by atoms with Crippen LogP contribution in [0.2, 0.25) is 0 Å². The molecule has 0 fully saturated rings. The van der Waals surface area contributed by atoms with E-state index < -0.39 is 5.97 Å². The summed E-state index contributed by atoms with van der Waals surface area (Å²) in [5.41, 5.74) is 0.0380. The Labute approximate surface area is 124 Å². The molecule has 0 saturated carbocycles. The summed E-state index contributed by atoms with van der Waals surface area (Å²) in [6.45, 7) is 9.94. The number of imidazole rings is 1. The summed E-state index contributed by atoms with van der Waals surface area (Å²) in [6.07, 6.45) is 2.87. The van der Waals surface area contributed by atoms with Crippen LogP contribution >= 0.6 is 0 Å². The van der Waals surface area contributed by atoms with E-state index in [4.69, 9.17) is 5.11 Å². The standard InChI is InChI=1S/C14H24N4O3/c1-10(2)14(3,4)8-16-13(21)15-5-6-18-7-11(12(19)20)17-9-18/h7,9-10H,5-6,8H2,1-4H3,(H,19,20)(H2,15,16,21). The minimum absolute atomic E-state index is 0.00173. The highest BCUT2D eigenvalue weighted by Gasteiger charge is 2.22. The van der Waals surface area contributed by atoms with Gasteiger partial charge in [-0.15, -0.1) is 0 Å². The van der Waals surface area contributed by atoms with Gasteiger partial charge in [0, 0.05) is 25.8 Å². The van der Waals surface area contributed by atoms with Gasteiger partial charge in [-0.1, -0.05) is 27.7 Å². The molecule has 3 N–H and O–H groups in total. The number of carbonyl (C=O) groups is 2. The van der Waals surface area contributed by atoms with E-state index >= 15 is 0 Å². The Morgan fingerprint density at radius 2 is 2.05 bits per heavy atom. The molecule has 0 aliphatic carbocycles. The number of aromatic carboxylic acids is 1. The van der Waals surface area contributed by atoms with Crippen molar-refractivity contribution in [3.63, 3.8) is 0 Å². The number of urea groups is 1. The smallest absolute Gasteiger partial charge is 0.356 e. The van der Waals surface area contributed by atoms with Crippen molar-refractivity contribution in [2.24, 2.45) is 11.3 Å². The molecule has 0 spiro atoms. The van der Waals surface area contributed by atoms with Crippen LogP contribution in [0.1, 0.15) is 38.2 Å². The molecular formula is C14H24N4O3. The van der Waals surface area contributed by atoms with Crippen LogP contribution in [0.5, 0.6) is 0 Å². The minimum atomic E-state index is -1.06. The Kier molecular flexibility index (Phi) is 5.75. The van der Waals surface area contributed by atoms with Crippen molar-refractivity contribution < 1.29 is 14.7 Å². The number of carboxylic acids is 1. The summed E-state index contributed by atoms with van der Waals surface area (Å²) in [7, 11) is 0. The number of rotatable bonds is 7. The molecule has 1 aromatic heterocycles. The van der Waals surface area contributed by atoms with Gasteiger partial charge in [0.05, 0.1) is 6.33 Å². The molecule has 0 radical (unpaired) electrons. The van der Waals surface area contributed by atoms with Gasteiger partial charge in [-0.3, -0.25) is 0 Å². The van der Waals surface area contributed by atoms with E-state index in [9.17, 15) is 9.59 Å². The van der Waals surface area contributed by atoms with Gasteiger partial charge in [-0.25, -0.2) is 14.6 Å². The van der Waals surface area contributed by atoms with Gasteiger partial charge in [0.2, 0.25) is 0 Å². The van der Waals surface area contributed by atoms with Crippen LogP contribution in [0.4, 0.5) is 4.79 Å². The topological polar surface area (TPSA) is 96.3 Å². The van der Waals surface area contributed by atoms with Gasteiger partial charge < -0.3 is 20.3 Å². The zero-order valence-corrected chi connectivity index (χ0v) is 13.0. The van der Waals surface area contributed by atoms with Crippen molar-refractivity contribution in [2.45, 2.75) is 34.2 Å². The largest absolute Gasteiger partial charge is 0.476 e. The first-order valence-corrected chi connectivity index (χ1v) is 6.99. The number of carboxylic acid groups (broad SMARTS) is 1. The molecule has 118 valence electrons. The Hall–Kier alpha value is -2.05. The number of hydrogen-bond acceptors (Lipinski definition) is 3. The van der Waals surface area contributed by atoms with E-state index in [-0.39, 0.29) is 17.1 Å². The number of hydrogen-bond donors (Lipinski definition) is 3. The third-order valence-corrected chi connectivity index (χ3v) is 3.78. The normalized spacial score (nSPS) is 11.5. The molecule has 1 heterocycles. The van der Waals surface area contributed by atoms with E-state index in [2.05, 4.69) is 43.3 Å². The third kappa shape index (κ3) is 5.45. The lowest BCUT2D eigenvalue weighted by molar-refractivity contribution is 0.0691. The number of nitrogens with one attached hydrogen (secondary N) is 2. The molecule has 1 aromatic rings. The van der Waals surface area contributed by atoms with Crippen molar-refractivity contribution in [1.29, 1.82) is 0 Å². The molecule has 0 unspecified atom stereocenters. The Morgan fingerprint density at radius 3 is 2.57 bits per heavy atom. The second kappa shape index (κ2) is 7.10. The summed E-state index contributed by atoms with van der Waals surface area (Å²) < 4.78 is 1.63. The van der Waals surface area contributed by atoms with E-state index in [1.807, 2.05) is 0 Å². The average Bonchev–Trinajstić information content (AvgIpc) is 2.85. The SMILES string of the molecule is CC(C)C(C)(C)CNC(=O)NCCn1cnc(C(=O)O)c1. The van der Waals surface area contributed by atoms with Crippen LogP contribution in [0.25, 0.3) is 0 Å². The van der Waals surface area contributed by atoms with Crippen molar-refractivity contribution in [2.75, 3.05) is 13.1 Å². The van der Waals surface area contributed by atoms with Crippen molar-refractivity contribution in [3.05, 3.63) is 18.2 Å². The molecule has 21 heavy (non-hydrogen) atoms. The quantitative estimate of drug-likeness (QED) is 0.711. The zero-order valence-electron chi connectivity index (χ0n) is 13.0. The summed E-state index contributed by atoms with van der Waals surface area (Å²) in [4.78, 5) is 26.1. The Morgan fingerprint density at radius 1 is 1.38 bits per heavy atom. The first kappa shape index (κ1) is 17.0. The van der Waals surface area contributed by atoms with Gasteiger partial charge in [0.25, 0.3) is 0 Å². The lowest BCUT2D eigenvalue weighted by atomic mass is 9.81. The third-order valence-electron chi connectivity index (χ3n) is 3.78. The molecule has 7 nitrogen and oxygen atoms in total. The molecule has 0 saturated heterocycles. The van der Waals surface area contributed by atoms with Crippen molar-refractivity contribution in [3.8, 4) is 0 Å². The summed E-state index contributed by atoms with van der Waals surface area (Å²) >= 11 is 0. The number of amides is 2. The summed E-state index contributed by atoms with van der Waals surface area (Å²) in [6, 6.07) is -0.220. The van der Waals surface area contributed by atoms with Crippen molar-refractivity contribution in [1.82, 2.24) is 20.2 Å². The Balaban J connectivity index is 2.29. The van der Waals surface area contributed by atoms with Crippen LogP contribution in [0.3, 0.4) is 0 Å². The highest BCUT2D eigenvalue weighted by molar-refractivity contribution is 5.84. The number of aromatic nitrogens is 2. The molecule has 0 aliphatic rings. The second-order valence-electron chi connectivity index (χ2n) is 6.05. The lowest BCUT2D eigenvalue weighted by Gasteiger charge is -2.29. The van der Waals surface area contributed by atoms with E-state index in [0.717, 1.165) is 0 Å². The van der Waals surface area contributed by atoms with Crippen LogP contribution in [0.15, 0.2) is 12.5 Å². The van der Waals surface area contributed by atoms with E-state index in [0.29, 0.717) is 25.6 Å². The fraction of sp³-hybridized carbons (Fsp3) is 0.643. The molecule has 0 aromatic carbocycles. The second-order valence-corrected chi connectivity index (χ2v) is 6.05. The average molecular weight is 296 g/mol. The highest BCUT2D eigenvalue weighted by Crippen LogP contribution is 2.24. The van der Waals surface area contributed by atoms with Crippen LogP contribution in [-0.2, 0) is 6.54 Å². The van der Waals surface area contributed by atoms with Gasteiger partial charge in [0.1, 0.15) is 0 Å². The van der Waals surface area contributed by atoms with Gasteiger partial charge in [-0.2, -0.15) is 0 Å². The van der Waals surface area contributed by atoms with Gasteiger partial charge in [0.15, 0.2) is 5.69 Å². The molecule has 1 rings (SSSR count). The fourth-order valence-corrected chi connectivity index (χ4v) is 1.47. The van der Waals surface area contributed by atoms with Gasteiger partial charge in [-0.05, 0) is 11.3 Å². The van der Waals surface area contributed by atoms with Crippen LogP contribution in [0, 0.1) is 11.3 Å². The van der Waals surface area contributed by atoms with E-state index in [1.54, 1.807) is 4.57 Å². The predicted octanol–water partition coefficient (Wildman–Crippen LogP) is 1.56. The zero-order chi connectivity index (χ0) is 16.0. The lowest BCUT2D eigenvalue weighted by Crippen LogP contribution is -2.43. The summed E-state index contributed by atoms with van der Waals surface area (Å²) in [5.74, 6) is -0.589. The van der Waals surface area contributed by atoms with Gasteiger partial charge >= 0.3 is 12.0 Å². The molecule has 0 aliphatic heterocycles. The fourth-order valence-electron chi connectivity index (χ4n) is 1.47. The summed E-state index contributed by atoms with van der Waals surface area (Å²) in [5, 5.41) is 14.3. The van der Waals surface area contributed by atoms with Crippen molar-refractivity contribution >= 4 is 12.0 Å². The molecule has 7 heteroatoms. The first-order chi connectivity index (χ1) is 9.72. The van der Waals surface area contributed by atoms with E-state index in [1.165, 1.54) is 12.5 Å². The van der Waals surface area contributed by atoms with Crippen LogP contribution < -0.4 is 10.6 Å². The molecule has 2 amide bonds. The monoisotopic (exact) mass is 296 g/mol. The van der Waals surface area contributed by atoms with Crippen LogP contribution in [-0.4, -0.2) is 39.7 Å². The molecule has 0 bridgehead atoms. The maximum atomic E-state index is 11.7. The number of carbonyl (C=O) groups excluding carboxylic acids is 1. The Bertz CT molecular complexity index is 494. The first-order valence-electron chi connectivity index (χ1n) is 6.99. The molecule has 0 atom stereocenters. The maximum Gasteiger partial charge on any atom is 0.356 e. The minimum Gasteiger partial charge on any atom is -0.476 e. The highest BCUT2D eigenvalue weighted by atomic mass is 16.4. The number of nitrogens with zero attached hydrogens (tertiary/aromatic N) is 2. The predicted molar refractivity (Wildman–Crippen MR) is 79.2 cm³/mol. The maximum absolute atomic E-state index is 11.7.